The van der Waals surface area contributed by atoms with E-state index >= 15 is 0 Å². The number of benzene rings is 1. The van der Waals surface area contributed by atoms with E-state index in [1.165, 1.54) is 12.3 Å². The fourth-order valence-electron chi connectivity index (χ4n) is 2.58. The molecule has 1 aromatic carbocycles. The quantitative estimate of drug-likeness (QED) is 0.748. The smallest absolute Gasteiger partial charge is 0.274 e. The molecule has 1 heterocycles. The average Bonchev–Trinajstić information content (AvgIpc) is 2.63. The number of aryl methyl sites for hydroxylation is 1. The molecule has 1 aromatic heterocycles. The van der Waals surface area contributed by atoms with E-state index in [0.717, 1.165) is 16.8 Å². The van der Waals surface area contributed by atoms with Crippen molar-refractivity contribution in [2.75, 3.05) is 25.6 Å². The monoisotopic (exact) mass is 355 g/mol. The molecule has 2 amide bonds. The Morgan fingerprint density at radius 3 is 2.65 bits per heavy atom. The van der Waals surface area contributed by atoms with Gasteiger partial charge in [0.25, 0.3) is 11.8 Å². The van der Waals surface area contributed by atoms with Gasteiger partial charge in [-0.1, -0.05) is 32.0 Å². The van der Waals surface area contributed by atoms with Crippen molar-refractivity contribution < 1.29 is 14.3 Å². The van der Waals surface area contributed by atoms with Crippen LogP contribution in [0.15, 0.2) is 36.5 Å². The summed E-state index contributed by atoms with van der Waals surface area (Å²) in [4.78, 5) is 28.9. The first-order chi connectivity index (χ1) is 12.4. The molecule has 0 aliphatic carbocycles. The number of carbonyl (C=O) groups excluding carboxylic acids is 2. The van der Waals surface area contributed by atoms with Crippen LogP contribution in [0.4, 0.5) is 5.69 Å². The minimum absolute atomic E-state index is 0.197. The average molecular weight is 355 g/mol. The lowest BCUT2D eigenvalue weighted by Crippen LogP contribution is -2.27. The van der Waals surface area contributed by atoms with Crippen molar-refractivity contribution in [2.45, 2.75) is 26.7 Å². The van der Waals surface area contributed by atoms with Gasteiger partial charge in [0, 0.05) is 31.1 Å². The number of hydrogen-bond donors (Lipinski definition) is 2. The van der Waals surface area contributed by atoms with Gasteiger partial charge in [-0.05, 0) is 36.1 Å². The highest BCUT2D eigenvalue weighted by Gasteiger charge is 2.16. The third kappa shape index (κ3) is 4.89. The predicted molar refractivity (Wildman–Crippen MR) is 102 cm³/mol. The fraction of sp³-hybridized carbons (Fsp3) is 0.350. The molecule has 138 valence electrons. The van der Waals surface area contributed by atoms with Crippen molar-refractivity contribution in [2.24, 2.45) is 0 Å². The van der Waals surface area contributed by atoms with Crippen molar-refractivity contribution in [3.8, 4) is 0 Å². The number of nitrogens with one attached hydrogen (secondary N) is 2. The Kier molecular flexibility index (Phi) is 6.86. The summed E-state index contributed by atoms with van der Waals surface area (Å²) in [6.45, 7) is 6.94. The van der Waals surface area contributed by atoms with E-state index < -0.39 is 0 Å². The van der Waals surface area contributed by atoms with Gasteiger partial charge in [-0.15, -0.1) is 0 Å². The van der Waals surface area contributed by atoms with Crippen LogP contribution in [0.2, 0.25) is 0 Å². The highest BCUT2D eigenvalue weighted by Crippen LogP contribution is 2.27. The number of hydrogen-bond acceptors (Lipinski definition) is 4. The van der Waals surface area contributed by atoms with Gasteiger partial charge in [-0.2, -0.15) is 0 Å². The minimum atomic E-state index is -0.340. The van der Waals surface area contributed by atoms with E-state index in [2.05, 4.69) is 29.5 Å². The second-order valence-corrected chi connectivity index (χ2v) is 6.33. The summed E-state index contributed by atoms with van der Waals surface area (Å²) in [5.74, 6) is -0.332. The third-order valence-electron chi connectivity index (χ3n) is 4.01. The summed E-state index contributed by atoms with van der Waals surface area (Å²) in [6, 6.07) is 9.00. The van der Waals surface area contributed by atoms with Gasteiger partial charge in [0.05, 0.1) is 6.61 Å². The molecular formula is C20H25N3O3. The van der Waals surface area contributed by atoms with Gasteiger partial charge in [0.1, 0.15) is 5.69 Å². The van der Waals surface area contributed by atoms with E-state index in [9.17, 15) is 9.59 Å². The Balaban J connectivity index is 2.19. The molecule has 0 bridgehead atoms. The summed E-state index contributed by atoms with van der Waals surface area (Å²) in [6.07, 6.45) is 1.46. The van der Waals surface area contributed by atoms with Gasteiger partial charge in [-0.3, -0.25) is 14.6 Å². The van der Waals surface area contributed by atoms with Crippen LogP contribution >= 0.6 is 0 Å². The molecule has 0 unspecified atom stereocenters. The number of ether oxygens (including phenoxy) is 1. The molecule has 0 saturated carbocycles. The zero-order chi connectivity index (χ0) is 19.1. The van der Waals surface area contributed by atoms with E-state index in [0.29, 0.717) is 18.7 Å². The number of aromatic nitrogens is 1. The molecule has 26 heavy (non-hydrogen) atoms. The molecule has 0 aliphatic heterocycles. The Bertz CT molecular complexity index is 788. The van der Waals surface area contributed by atoms with Crippen LogP contribution in [0.3, 0.4) is 0 Å². The Hall–Kier alpha value is -2.73. The standard InChI is InChI=1S/C20H25N3O3/c1-13(2)16-7-5-6-14(3)18(16)23-20(25)17-12-15(8-9-21-17)19(24)22-10-11-26-4/h5-9,12-13H,10-11H2,1-4H3,(H,22,24)(H,23,25). The van der Waals surface area contributed by atoms with Crippen molar-refractivity contribution in [3.05, 3.63) is 58.9 Å². The Morgan fingerprint density at radius 2 is 1.96 bits per heavy atom. The second kappa shape index (κ2) is 9.10. The van der Waals surface area contributed by atoms with Gasteiger partial charge in [0.15, 0.2) is 0 Å². The Labute approximate surface area is 154 Å². The lowest BCUT2D eigenvalue weighted by molar-refractivity contribution is 0.0937. The maximum atomic E-state index is 12.7. The second-order valence-electron chi connectivity index (χ2n) is 6.33. The van der Waals surface area contributed by atoms with Crippen LogP contribution in [0.5, 0.6) is 0 Å². The zero-order valence-corrected chi connectivity index (χ0v) is 15.6. The normalized spacial score (nSPS) is 10.7. The van der Waals surface area contributed by atoms with Crippen molar-refractivity contribution in [1.29, 1.82) is 0 Å². The van der Waals surface area contributed by atoms with Crippen LogP contribution in [-0.2, 0) is 4.74 Å². The molecule has 0 spiro atoms. The van der Waals surface area contributed by atoms with Crippen molar-refractivity contribution >= 4 is 17.5 Å². The van der Waals surface area contributed by atoms with Crippen molar-refractivity contribution in [1.82, 2.24) is 10.3 Å². The lowest BCUT2D eigenvalue weighted by atomic mass is 9.98. The lowest BCUT2D eigenvalue weighted by Gasteiger charge is -2.16. The topological polar surface area (TPSA) is 80.3 Å². The molecule has 0 atom stereocenters. The maximum Gasteiger partial charge on any atom is 0.274 e. The molecule has 2 rings (SSSR count). The number of carbonyl (C=O) groups is 2. The van der Waals surface area contributed by atoms with Crippen LogP contribution < -0.4 is 10.6 Å². The van der Waals surface area contributed by atoms with Gasteiger partial charge >= 0.3 is 0 Å². The third-order valence-corrected chi connectivity index (χ3v) is 4.01. The summed E-state index contributed by atoms with van der Waals surface area (Å²) >= 11 is 0. The molecule has 0 saturated heterocycles. The van der Waals surface area contributed by atoms with E-state index in [1.54, 1.807) is 13.2 Å². The molecule has 2 aromatic rings. The summed E-state index contributed by atoms with van der Waals surface area (Å²) < 4.78 is 4.91. The van der Waals surface area contributed by atoms with Crippen LogP contribution in [0.1, 0.15) is 51.7 Å². The number of rotatable bonds is 7. The number of nitrogens with zero attached hydrogens (tertiary/aromatic N) is 1. The summed E-state index contributed by atoms with van der Waals surface area (Å²) in [5.41, 5.74) is 3.42. The van der Waals surface area contributed by atoms with E-state index in [4.69, 9.17) is 4.74 Å². The van der Waals surface area contributed by atoms with E-state index in [1.807, 2.05) is 25.1 Å². The highest BCUT2D eigenvalue weighted by atomic mass is 16.5. The van der Waals surface area contributed by atoms with Crippen molar-refractivity contribution in [3.63, 3.8) is 0 Å². The van der Waals surface area contributed by atoms with Gasteiger partial charge in [0.2, 0.25) is 0 Å². The van der Waals surface area contributed by atoms with E-state index in [-0.39, 0.29) is 23.4 Å². The number of amides is 2. The molecule has 0 fully saturated rings. The number of para-hydroxylation sites is 1. The zero-order valence-electron chi connectivity index (χ0n) is 15.6. The van der Waals surface area contributed by atoms with Gasteiger partial charge in [-0.25, -0.2) is 0 Å². The molecule has 6 nitrogen and oxygen atoms in total. The first-order valence-electron chi connectivity index (χ1n) is 8.58. The van der Waals surface area contributed by atoms with Crippen LogP contribution in [0.25, 0.3) is 0 Å². The Morgan fingerprint density at radius 1 is 1.19 bits per heavy atom. The molecule has 0 aliphatic rings. The van der Waals surface area contributed by atoms with Crippen LogP contribution in [0, 0.1) is 6.92 Å². The molecule has 0 radical (unpaired) electrons. The largest absolute Gasteiger partial charge is 0.383 e. The van der Waals surface area contributed by atoms with Crippen LogP contribution in [-0.4, -0.2) is 37.1 Å². The SMILES string of the molecule is COCCNC(=O)c1ccnc(C(=O)Nc2c(C)cccc2C(C)C)c1. The minimum Gasteiger partial charge on any atom is -0.383 e. The number of anilines is 1. The molecule has 6 heteroatoms. The summed E-state index contributed by atoms with van der Waals surface area (Å²) in [7, 11) is 1.57. The molecular weight excluding hydrogens is 330 g/mol. The van der Waals surface area contributed by atoms with Gasteiger partial charge < -0.3 is 15.4 Å². The first kappa shape index (κ1) is 19.6. The molecule has 2 N–H and O–H groups in total. The first-order valence-corrected chi connectivity index (χ1v) is 8.58. The maximum absolute atomic E-state index is 12.7. The predicted octanol–water partition coefficient (Wildman–Crippen LogP) is 3.14. The summed E-state index contributed by atoms with van der Waals surface area (Å²) in [5, 5.41) is 5.67. The number of methoxy groups -OCH3 is 1. The number of pyridine rings is 1. The fourth-order valence-corrected chi connectivity index (χ4v) is 2.58. The highest BCUT2D eigenvalue weighted by molar-refractivity contribution is 6.05.